The van der Waals surface area contributed by atoms with Crippen molar-refractivity contribution in [2.24, 2.45) is 10.7 Å². The molecule has 2 amide bonds. The van der Waals surface area contributed by atoms with Crippen LogP contribution in [0.1, 0.15) is 28.8 Å². The first kappa shape index (κ1) is 19.0. The van der Waals surface area contributed by atoms with Crippen molar-refractivity contribution in [3.63, 3.8) is 0 Å². The van der Waals surface area contributed by atoms with Crippen molar-refractivity contribution in [2.45, 2.75) is 19.4 Å². The maximum Gasteiger partial charge on any atom is 0.410 e. The predicted molar refractivity (Wildman–Crippen MR) is 111 cm³/mol. The van der Waals surface area contributed by atoms with E-state index < -0.39 is 6.09 Å². The fraction of sp³-hybridized carbons (Fsp3) is 0.318. The van der Waals surface area contributed by atoms with Gasteiger partial charge < -0.3 is 15.4 Å². The van der Waals surface area contributed by atoms with Gasteiger partial charge in [-0.25, -0.2) is 9.79 Å². The molecule has 0 radical (unpaired) electrons. The van der Waals surface area contributed by atoms with Crippen molar-refractivity contribution in [1.29, 1.82) is 0 Å². The number of nitrogens with two attached hydrogens (primary N) is 1. The van der Waals surface area contributed by atoms with E-state index >= 15 is 0 Å². The molecule has 2 aliphatic heterocycles. The lowest BCUT2D eigenvalue weighted by atomic mass is 10.00. The van der Waals surface area contributed by atoms with E-state index in [9.17, 15) is 9.59 Å². The van der Waals surface area contributed by atoms with Gasteiger partial charge in [0.2, 0.25) is 0 Å². The Bertz CT molecular complexity index is 963. The molecule has 2 heterocycles. The lowest BCUT2D eigenvalue weighted by Gasteiger charge is -2.19. The van der Waals surface area contributed by atoms with Gasteiger partial charge in [0, 0.05) is 18.7 Å². The number of benzene rings is 2. The maximum atomic E-state index is 12.5. The molecule has 0 atom stereocenters. The van der Waals surface area contributed by atoms with Crippen LogP contribution in [0.4, 0.5) is 10.5 Å². The van der Waals surface area contributed by atoms with Crippen molar-refractivity contribution in [2.75, 3.05) is 26.7 Å². The summed E-state index contributed by atoms with van der Waals surface area (Å²) in [4.78, 5) is 32.4. The molecule has 0 unspecified atom stereocenters. The van der Waals surface area contributed by atoms with Crippen molar-refractivity contribution >= 4 is 23.5 Å². The molecule has 2 aromatic carbocycles. The Morgan fingerprint density at radius 2 is 1.66 bits per heavy atom. The zero-order valence-corrected chi connectivity index (χ0v) is 16.4. The Balaban J connectivity index is 1.59. The number of carbonyl (C=O) groups is 2. The van der Waals surface area contributed by atoms with Gasteiger partial charge in [0.25, 0.3) is 5.91 Å². The quantitative estimate of drug-likeness (QED) is 0.850. The second-order valence-corrected chi connectivity index (χ2v) is 7.35. The van der Waals surface area contributed by atoms with E-state index in [0.29, 0.717) is 17.9 Å². The normalized spacial score (nSPS) is 16.1. The molecular weight excluding hydrogens is 368 g/mol. The van der Waals surface area contributed by atoms with E-state index in [1.807, 2.05) is 47.4 Å². The number of likely N-dealkylation sites (tertiary alicyclic amines) is 1. The summed E-state index contributed by atoms with van der Waals surface area (Å²) in [6.45, 7) is 2.27. The Morgan fingerprint density at radius 3 is 2.34 bits per heavy atom. The van der Waals surface area contributed by atoms with E-state index in [0.717, 1.165) is 48.3 Å². The minimum absolute atomic E-state index is 0.0921. The number of ether oxygens (including phenoxy) is 1. The number of amidine groups is 1. The summed E-state index contributed by atoms with van der Waals surface area (Å²) < 4.78 is 4.84. The Morgan fingerprint density at radius 1 is 0.966 bits per heavy atom. The van der Waals surface area contributed by atoms with Gasteiger partial charge in [0.05, 0.1) is 25.9 Å². The molecule has 0 bridgehead atoms. The van der Waals surface area contributed by atoms with Crippen molar-refractivity contribution in [1.82, 2.24) is 9.80 Å². The van der Waals surface area contributed by atoms with E-state index in [4.69, 9.17) is 10.5 Å². The monoisotopic (exact) mass is 392 g/mol. The van der Waals surface area contributed by atoms with Crippen molar-refractivity contribution < 1.29 is 14.3 Å². The van der Waals surface area contributed by atoms with Gasteiger partial charge in [-0.2, -0.15) is 0 Å². The predicted octanol–water partition coefficient (Wildman–Crippen LogP) is 3.16. The molecule has 7 heteroatoms. The van der Waals surface area contributed by atoms with Crippen LogP contribution in [-0.4, -0.2) is 54.4 Å². The van der Waals surface area contributed by atoms with Crippen LogP contribution in [0, 0.1) is 0 Å². The summed E-state index contributed by atoms with van der Waals surface area (Å²) in [5.41, 5.74) is 10.3. The van der Waals surface area contributed by atoms with Crippen molar-refractivity contribution in [3.05, 3.63) is 53.6 Å². The summed E-state index contributed by atoms with van der Waals surface area (Å²) in [7, 11) is 1.35. The minimum atomic E-state index is -0.439. The van der Waals surface area contributed by atoms with Gasteiger partial charge in [0.1, 0.15) is 5.84 Å². The first-order valence-corrected chi connectivity index (χ1v) is 9.74. The van der Waals surface area contributed by atoms with Crippen molar-refractivity contribution in [3.8, 4) is 11.1 Å². The highest BCUT2D eigenvalue weighted by Crippen LogP contribution is 2.30. The Labute approximate surface area is 169 Å². The Hall–Kier alpha value is -3.35. The number of rotatable bonds is 2. The smallest absolute Gasteiger partial charge is 0.410 e. The molecular formula is C22H24N4O3. The topological polar surface area (TPSA) is 88.2 Å². The van der Waals surface area contributed by atoms with Crippen LogP contribution in [-0.2, 0) is 11.3 Å². The molecule has 0 saturated carbocycles. The van der Waals surface area contributed by atoms with Gasteiger partial charge in [-0.15, -0.1) is 0 Å². The average Bonchev–Trinajstić information content (AvgIpc) is 3.22. The van der Waals surface area contributed by atoms with Gasteiger partial charge >= 0.3 is 6.09 Å². The zero-order chi connectivity index (χ0) is 20.4. The van der Waals surface area contributed by atoms with Crippen LogP contribution >= 0.6 is 0 Å². The molecule has 2 aromatic rings. The minimum Gasteiger partial charge on any atom is -0.453 e. The molecule has 2 aliphatic rings. The number of methoxy groups -OCH3 is 1. The van der Waals surface area contributed by atoms with Crippen LogP contribution in [0.25, 0.3) is 11.1 Å². The third-order valence-corrected chi connectivity index (χ3v) is 5.35. The molecule has 0 spiro atoms. The lowest BCUT2D eigenvalue weighted by Crippen LogP contribution is -2.36. The van der Waals surface area contributed by atoms with E-state index in [1.54, 1.807) is 0 Å². The first-order chi connectivity index (χ1) is 14.0. The number of nitrogens with zero attached hydrogens (tertiary/aromatic N) is 3. The SMILES string of the molecule is COC(=O)N1CC(N)=Nc2ccc(-c3ccc(C(=O)N4CCCC4)cc3)cc2C1. The maximum absolute atomic E-state index is 12.5. The van der Waals surface area contributed by atoms with E-state index in [2.05, 4.69) is 4.99 Å². The van der Waals surface area contributed by atoms with Gasteiger partial charge in [-0.3, -0.25) is 9.69 Å². The number of amides is 2. The first-order valence-electron chi connectivity index (χ1n) is 9.74. The summed E-state index contributed by atoms with van der Waals surface area (Å²) in [6, 6.07) is 13.5. The molecule has 0 aromatic heterocycles. The summed E-state index contributed by atoms with van der Waals surface area (Å²) in [5.74, 6) is 0.459. The molecule has 1 saturated heterocycles. The van der Waals surface area contributed by atoms with E-state index in [1.165, 1.54) is 12.0 Å². The number of aliphatic imine (C=N–C) groups is 1. The molecule has 29 heavy (non-hydrogen) atoms. The third-order valence-electron chi connectivity index (χ3n) is 5.35. The molecule has 7 nitrogen and oxygen atoms in total. The standard InChI is InChI=1S/C22H24N4O3/c1-29-22(28)26-13-18-12-17(8-9-19(18)24-20(23)14-26)15-4-6-16(7-5-15)21(27)25-10-2-3-11-25/h4-9,12H,2-3,10-11,13-14H2,1H3,(H2,23,24). The summed E-state index contributed by atoms with van der Waals surface area (Å²) >= 11 is 0. The van der Waals surface area contributed by atoms with Gasteiger partial charge in [-0.1, -0.05) is 18.2 Å². The van der Waals surface area contributed by atoms with Gasteiger partial charge in [0.15, 0.2) is 0 Å². The van der Waals surface area contributed by atoms with E-state index in [-0.39, 0.29) is 12.5 Å². The third kappa shape index (κ3) is 3.94. The van der Waals surface area contributed by atoms with Gasteiger partial charge in [-0.05, 0) is 53.8 Å². The number of hydrogen-bond acceptors (Lipinski definition) is 5. The fourth-order valence-corrected chi connectivity index (χ4v) is 3.81. The fourth-order valence-electron chi connectivity index (χ4n) is 3.81. The van der Waals surface area contributed by atoms with Crippen LogP contribution in [0.15, 0.2) is 47.5 Å². The molecule has 1 fully saturated rings. The summed E-state index contributed by atoms with van der Waals surface area (Å²) in [6.07, 6.45) is 1.72. The van der Waals surface area contributed by atoms with Crippen LogP contribution < -0.4 is 5.73 Å². The average molecular weight is 392 g/mol. The highest BCUT2D eigenvalue weighted by Gasteiger charge is 2.22. The molecule has 4 rings (SSSR count). The molecule has 2 N–H and O–H groups in total. The number of hydrogen-bond donors (Lipinski definition) is 1. The molecule has 150 valence electrons. The Kier molecular flexibility index (Phi) is 5.20. The van der Waals surface area contributed by atoms with Crippen LogP contribution in [0.3, 0.4) is 0 Å². The highest BCUT2D eigenvalue weighted by atomic mass is 16.5. The second kappa shape index (κ2) is 7.95. The largest absolute Gasteiger partial charge is 0.453 e. The van der Waals surface area contributed by atoms with Crippen LogP contribution in [0.2, 0.25) is 0 Å². The molecule has 0 aliphatic carbocycles. The number of carbonyl (C=O) groups excluding carboxylic acids is 2. The highest BCUT2D eigenvalue weighted by molar-refractivity contribution is 5.95. The second-order valence-electron chi connectivity index (χ2n) is 7.35. The summed E-state index contributed by atoms with van der Waals surface area (Å²) in [5, 5.41) is 0. The van der Waals surface area contributed by atoms with Crippen LogP contribution in [0.5, 0.6) is 0 Å². The zero-order valence-electron chi connectivity index (χ0n) is 16.4. The number of fused-ring (bicyclic) bond motifs is 1. The lowest BCUT2D eigenvalue weighted by molar-refractivity contribution is 0.0792.